The van der Waals surface area contributed by atoms with Crippen molar-refractivity contribution in [2.24, 2.45) is 0 Å². The molecule has 0 saturated carbocycles. The second-order valence-corrected chi connectivity index (χ2v) is 8.46. The van der Waals surface area contributed by atoms with Gasteiger partial charge in [0.05, 0.1) is 11.3 Å². The summed E-state index contributed by atoms with van der Waals surface area (Å²) in [5, 5.41) is 0.904. The van der Waals surface area contributed by atoms with Crippen molar-refractivity contribution in [1.82, 2.24) is 20.1 Å². The van der Waals surface area contributed by atoms with Gasteiger partial charge >= 0.3 is 0 Å². The molecule has 1 aliphatic rings. The van der Waals surface area contributed by atoms with Crippen molar-refractivity contribution >= 4 is 32.7 Å². The number of rotatable bonds is 5. The van der Waals surface area contributed by atoms with Crippen LogP contribution in [0, 0.1) is 0 Å². The molecular weight excluding hydrogens is 368 g/mol. The maximum atomic E-state index is 12.4. The minimum atomic E-state index is -3.47. The van der Waals surface area contributed by atoms with E-state index in [0.29, 0.717) is 31.3 Å². The Morgan fingerprint density at radius 1 is 1.19 bits per heavy atom. The Labute approximate surface area is 158 Å². The molecule has 1 aromatic heterocycles. The number of carbonyl (C=O) groups excluding carboxylic acids is 2. The van der Waals surface area contributed by atoms with Gasteiger partial charge in [-0.1, -0.05) is 31.2 Å². The van der Waals surface area contributed by atoms with Gasteiger partial charge in [-0.25, -0.2) is 13.4 Å². The van der Waals surface area contributed by atoms with Crippen LogP contribution in [0.25, 0.3) is 10.9 Å². The lowest BCUT2D eigenvalue weighted by molar-refractivity contribution is -0.125. The lowest BCUT2D eigenvalue weighted by Gasteiger charge is -2.23. The topological polar surface area (TPSA) is 108 Å². The number of benzene rings is 1. The average molecular weight is 390 g/mol. The molecule has 2 heterocycles. The van der Waals surface area contributed by atoms with Crippen LogP contribution in [0.5, 0.6) is 0 Å². The number of carbonyl (C=O) groups is 2. The molecule has 144 valence electrons. The highest BCUT2D eigenvalue weighted by Gasteiger charge is 2.38. The summed E-state index contributed by atoms with van der Waals surface area (Å²) < 4.78 is 25.8. The van der Waals surface area contributed by atoms with Crippen LogP contribution in [-0.2, 0) is 14.8 Å². The maximum absolute atomic E-state index is 12.4. The zero-order valence-corrected chi connectivity index (χ0v) is 15.8. The molecule has 2 N–H and O–H groups in total. The summed E-state index contributed by atoms with van der Waals surface area (Å²) in [4.78, 5) is 28.9. The van der Waals surface area contributed by atoms with E-state index in [0.717, 1.165) is 5.39 Å². The SMILES string of the molecule is CCCS(=O)(=O)N1CCC[C@@H]1C(=O)NNC(=O)c1ccc2ccccc2n1. The Morgan fingerprint density at radius 2 is 1.96 bits per heavy atom. The van der Waals surface area contributed by atoms with Gasteiger partial charge in [0.2, 0.25) is 10.0 Å². The van der Waals surface area contributed by atoms with Crippen LogP contribution < -0.4 is 10.9 Å². The summed E-state index contributed by atoms with van der Waals surface area (Å²) in [6.07, 6.45) is 1.53. The Hall–Kier alpha value is -2.52. The van der Waals surface area contributed by atoms with E-state index in [1.54, 1.807) is 25.1 Å². The Balaban J connectivity index is 1.64. The molecule has 0 bridgehead atoms. The number of pyridine rings is 1. The number of hydrogen-bond donors (Lipinski definition) is 2. The number of nitrogens with zero attached hydrogens (tertiary/aromatic N) is 2. The van der Waals surface area contributed by atoms with Gasteiger partial charge in [-0.05, 0) is 31.4 Å². The molecule has 1 atom stereocenters. The minimum Gasteiger partial charge on any atom is -0.271 e. The van der Waals surface area contributed by atoms with Crippen molar-refractivity contribution in [3.8, 4) is 0 Å². The first-order chi connectivity index (χ1) is 12.9. The first kappa shape index (κ1) is 19.2. The molecule has 2 aromatic rings. The number of amides is 2. The minimum absolute atomic E-state index is 0.00412. The predicted molar refractivity (Wildman–Crippen MR) is 101 cm³/mol. The normalized spacial score (nSPS) is 17.7. The van der Waals surface area contributed by atoms with Gasteiger partial charge in [0.25, 0.3) is 11.8 Å². The molecule has 0 aliphatic carbocycles. The van der Waals surface area contributed by atoms with Crippen molar-refractivity contribution in [3.63, 3.8) is 0 Å². The van der Waals surface area contributed by atoms with E-state index in [4.69, 9.17) is 0 Å². The smallest absolute Gasteiger partial charge is 0.271 e. The fraction of sp³-hybridized carbons (Fsp3) is 0.389. The summed E-state index contributed by atoms with van der Waals surface area (Å²) in [6, 6.07) is 9.92. The molecule has 1 fully saturated rings. The molecule has 0 unspecified atom stereocenters. The van der Waals surface area contributed by atoms with Gasteiger partial charge in [0.15, 0.2) is 0 Å². The van der Waals surface area contributed by atoms with E-state index in [1.807, 2.05) is 18.2 Å². The van der Waals surface area contributed by atoms with Crippen LogP contribution in [0.3, 0.4) is 0 Å². The maximum Gasteiger partial charge on any atom is 0.288 e. The Morgan fingerprint density at radius 3 is 2.74 bits per heavy atom. The lowest BCUT2D eigenvalue weighted by Crippen LogP contribution is -2.51. The highest BCUT2D eigenvalue weighted by Crippen LogP contribution is 2.21. The van der Waals surface area contributed by atoms with Gasteiger partial charge in [0.1, 0.15) is 11.7 Å². The zero-order chi connectivity index (χ0) is 19.4. The molecule has 0 radical (unpaired) electrons. The van der Waals surface area contributed by atoms with E-state index >= 15 is 0 Å². The molecule has 1 aromatic carbocycles. The van der Waals surface area contributed by atoms with Gasteiger partial charge < -0.3 is 0 Å². The van der Waals surface area contributed by atoms with Crippen molar-refractivity contribution in [1.29, 1.82) is 0 Å². The zero-order valence-electron chi connectivity index (χ0n) is 15.0. The Bertz CT molecular complexity index is 961. The van der Waals surface area contributed by atoms with E-state index in [9.17, 15) is 18.0 Å². The quantitative estimate of drug-likeness (QED) is 0.746. The fourth-order valence-corrected chi connectivity index (χ4v) is 4.92. The van der Waals surface area contributed by atoms with Crippen LogP contribution in [0.1, 0.15) is 36.7 Å². The Kier molecular flexibility index (Phi) is 5.71. The molecule has 2 amide bonds. The van der Waals surface area contributed by atoms with Crippen molar-refractivity contribution < 1.29 is 18.0 Å². The monoisotopic (exact) mass is 390 g/mol. The van der Waals surface area contributed by atoms with Gasteiger partial charge in [0, 0.05) is 11.9 Å². The average Bonchev–Trinajstić information content (AvgIpc) is 3.16. The summed E-state index contributed by atoms with van der Waals surface area (Å²) in [5.41, 5.74) is 5.49. The second-order valence-electron chi connectivity index (χ2n) is 6.42. The summed E-state index contributed by atoms with van der Waals surface area (Å²) in [6.45, 7) is 2.10. The van der Waals surface area contributed by atoms with Crippen LogP contribution in [0.2, 0.25) is 0 Å². The highest BCUT2D eigenvalue weighted by atomic mass is 32.2. The van der Waals surface area contributed by atoms with Crippen LogP contribution >= 0.6 is 0 Å². The first-order valence-electron chi connectivity index (χ1n) is 8.88. The summed E-state index contributed by atoms with van der Waals surface area (Å²) >= 11 is 0. The third-order valence-corrected chi connectivity index (χ3v) is 6.53. The van der Waals surface area contributed by atoms with Gasteiger partial charge in [-0.3, -0.25) is 20.4 Å². The summed E-state index contributed by atoms with van der Waals surface area (Å²) in [7, 11) is -3.47. The third-order valence-electron chi connectivity index (χ3n) is 4.46. The molecular formula is C18H22N4O4S. The van der Waals surface area contributed by atoms with E-state index in [-0.39, 0.29) is 11.4 Å². The molecule has 27 heavy (non-hydrogen) atoms. The van der Waals surface area contributed by atoms with Crippen molar-refractivity contribution in [3.05, 3.63) is 42.1 Å². The number of hydrazine groups is 1. The number of hydrogen-bond acceptors (Lipinski definition) is 5. The summed E-state index contributed by atoms with van der Waals surface area (Å²) in [5.74, 6) is -1.10. The van der Waals surface area contributed by atoms with E-state index in [2.05, 4.69) is 15.8 Å². The first-order valence-corrected chi connectivity index (χ1v) is 10.5. The number of para-hydroxylation sites is 1. The predicted octanol–water partition coefficient (Wildman–Crippen LogP) is 1.20. The standard InChI is InChI=1S/C18H22N4O4S/c1-2-12-27(25,26)22-11-5-8-16(22)18(24)21-20-17(23)15-10-9-13-6-3-4-7-14(13)19-15/h3-4,6-7,9-10,16H,2,5,8,11-12H2,1H3,(H,20,23)(H,21,24)/t16-/m1/s1. The number of sulfonamides is 1. The molecule has 1 saturated heterocycles. The largest absolute Gasteiger partial charge is 0.288 e. The third kappa shape index (κ3) is 4.25. The lowest BCUT2D eigenvalue weighted by atomic mass is 10.2. The van der Waals surface area contributed by atoms with Gasteiger partial charge in [-0.15, -0.1) is 0 Å². The molecule has 0 spiro atoms. The van der Waals surface area contributed by atoms with Gasteiger partial charge in [-0.2, -0.15) is 4.31 Å². The van der Waals surface area contributed by atoms with Crippen molar-refractivity contribution in [2.45, 2.75) is 32.2 Å². The molecule has 8 nitrogen and oxygen atoms in total. The number of aromatic nitrogens is 1. The fourth-order valence-electron chi connectivity index (χ4n) is 3.17. The number of nitrogens with one attached hydrogen (secondary N) is 2. The second kappa shape index (κ2) is 8.01. The van der Waals surface area contributed by atoms with Crippen molar-refractivity contribution in [2.75, 3.05) is 12.3 Å². The van der Waals surface area contributed by atoms with E-state index < -0.39 is 27.9 Å². The van der Waals surface area contributed by atoms with Crippen LogP contribution in [0.15, 0.2) is 36.4 Å². The molecule has 1 aliphatic heterocycles. The van der Waals surface area contributed by atoms with Crippen LogP contribution in [-0.4, -0.2) is 47.9 Å². The molecule has 9 heteroatoms. The van der Waals surface area contributed by atoms with E-state index in [1.165, 1.54) is 4.31 Å². The number of fused-ring (bicyclic) bond motifs is 1. The van der Waals surface area contributed by atoms with Crippen LogP contribution in [0.4, 0.5) is 0 Å². The molecule has 3 rings (SSSR count). The highest BCUT2D eigenvalue weighted by molar-refractivity contribution is 7.89.